The standard InChI is InChI=1S/C17H20N2O3S/c1-12-11-15(7-10-17(12)19(20)21)18(3)13(2)14-5-8-16(9-6-14)23(4)22/h5-11,13H,1-4H3. The second kappa shape index (κ2) is 6.91. The maximum absolute atomic E-state index is 11.5. The minimum absolute atomic E-state index is 0.0928. The third-order valence-electron chi connectivity index (χ3n) is 4.06. The third kappa shape index (κ3) is 3.76. The van der Waals surface area contributed by atoms with Gasteiger partial charge in [-0.2, -0.15) is 0 Å². The molecule has 0 aliphatic rings. The molecule has 0 saturated heterocycles. The van der Waals surface area contributed by atoms with Crippen molar-refractivity contribution in [3.05, 3.63) is 63.7 Å². The minimum atomic E-state index is -0.985. The van der Waals surface area contributed by atoms with Gasteiger partial charge in [-0.15, -0.1) is 0 Å². The van der Waals surface area contributed by atoms with Crippen LogP contribution in [0.1, 0.15) is 24.1 Å². The van der Waals surface area contributed by atoms with Crippen molar-refractivity contribution in [1.29, 1.82) is 0 Å². The fourth-order valence-electron chi connectivity index (χ4n) is 2.45. The highest BCUT2D eigenvalue weighted by molar-refractivity contribution is 7.84. The van der Waals surface area contributed by atoms with Gasteiger partial charge >= 0.3 is 0 Å². The molecule has 0 fully saturated rings. The Morgan fingerprint density at radius 2 is 1.78 bits per heavy atom. The number of hydrogen-bond acceptors (Lipinski definition) is 4. The molecule has 2 rings (SSSR count). The molecule has 2 aromatic carbocycles. The van der Waals surface area contributed by atoms with E-state index in [9.17, 15) is 14.3 Å². The normalized spacial score (nSPS) is 13.4. The second-order valence-electron chi connectivity index (χ2n) is 5.54. The van der Waals surface area contributed by atoms with Crippen molar-refractivity contribution in [2.24, 2.45) is 0 Å². The number of aryl methyl sites for hydroxylation is 1. The Morgan fingerprint density at radius 1 is 1.17 bits per heavy atom. The lowest BCUT2D eigenvalue weighted by molar-refractivity contribution is -0.385. The van der Waals surface area contributed by atoms with Crippen LogP contribution in [0.25, 0.3) is 0 Å². The highest BCUT2D eigenvalue weighted by atomic mass is 32.2. The van der Waals surface area contributed by atoms with E-state index in [2.05, 4.69) is 11.8 Å². The van der Waals surface area contributed by atoms with E-state index in [1.807, 2.05) is 37.4 Å². The average molecular weight is 332 g/mol. The summed E-state index contributed by atoms with van der Waals surface area (Å²) in [5, 5.41) is 10.9. The number of hydrogen-bond donors (Lipinski definition) is 0. The largest absolute Gasteiger partial charge is 0.368 e. The van der Waals surface area contributed by atoms with Crippen LogP contribution in [0.2, 0.25) is 0 Å². The predicted octanol–water partition coefficient (Wildman–Crippen LogP) is 3.84. The Bertz CT molecular complexity index is 744. The predicted molar refractivity (Wildman–Crippen MR) is 93.4 cm³/mol. The Hall–Kier alpha value is -2.21. The van der Waals surface area contributed by atoms with Crippen LogP contribution in [-0.2, 0) is 10.8 Å². The molecule has 0 aliphatic heterocycles. The lowest BCUT2D eigenvalue weighted by atomic mass is 10.1. The monoisotopic (exact) mass is 332 g/mol. The maximum Gasteiger partial charge on any atom is 0.272 e. The van der Waals surface area contributed by atoms with Gasteiger partial charge in [0, 0.05) is 46.3 Å². The summed E-state index contributed by atoms with van der Waals surface area (Å²) in [4.78, 5) is 13.4. The van der Waals surface area contributed by atoms with E-state index in [-0.39, 0.29) is 16.7 Å². The van der Waals surface area contributed by atoms with Crippen LogP contribution in [0.3, 0.4) is 0 Å². The average Bonchev–Trinajstić information content (AvgIpc) is 2.53. The highest BCUT2D eigenvalue weighted by Crippen LogP contribution is 2.29. The van der Waals surface area contributed by atoms with Crippen molar-refractivity contribution in [3.8, 4) is 0 Å². The number of nitrogens with zero attached hydrogens (tertiary/aromatic N) is 2. The lowest BCUT2D eigenvalue weighted by Crippen LogP contribution is -2.21. The first-order valence-electron chi connectivity index (χ1n) is 7.22. The molecule has 122 valence electrons. The van der Waals surface area contributed by atoms with Crippen LogP contribution in [-0.4, -0.2) is 22.4 Å². The zero-order chi connectivity index (χ0) is 17.1. The van der Waals surface area contributed by atoms with E-state index in [4.69, 9.17) is 0 Å². The summed E-state index contributed by atoms with van der Waals surface area (Å²) in [5.74, 6) is 0. The zero-order valence-corrected chi connectivity index (χ0v) is 14.5. The van der Waals surface area contributed by atoms with Gasteiger partial charge < -0.3 is 4.90 Å². The number of benzene rings is 2. The summed E-state index contributed by atoms with van der Waals surface area (Å²) in [6, 6.07) is 12.9. The molecule has 0 saturated carbocycles. The SMILES string of the molecule is Cc1cc(N(C)C(C)c2ccc(S(C)=O)cc2)ccc1[N+](=O)[O-]. The van der Waals surface area contributed by atoms with E-state index in [0.29, 0.717) is 5.56 Å². The summed E-state index contributed by atoms with van der Waals surface area (Å²) in [6.07, 6.45) is 1.66. The van der Waals surface area contributed by atoms with E-state index < -0.39 is 10.8 Å². The van der Waals surface area contributed by atoms with Gasteiger partial charge in [-0.1, -0.05) is 12.1 Å². The summed E-state index contributed by atoms with van der Waals surface area (Å²) in [7, 11) is 0.971. The Kier molecular flexibility index (Phi) is 5.15. The number of rotatable bonds is 5. The number of anilines is 1. The summed E-state index contributed by atoms with van der Waals surface area (Å²) < 4.78 is 11.5. The lowest BCUT2D eigenvalue weighted by Gasteiger charge is -2.27. The summed E-state index contributed by atoms with van der Waals surface area (Å²) in [5.41, 5.74) is 2.79. The molecule has 23 heavy (non-hydrogen) atoms. The minimum Gasteiger partial charge on any atom is -0.368 e. The molecule has 0 amide bonds. The maximum atomic E-state index is 11.5. The van der Waals surface area contributed by atoms with E-state index in [1.54, 1.807) is 19.2 Å². The first kappa shape index (κ1) is 17.1. The number of nitro benzene ring substituents is 1. The molecule has 0 heterocycles. The molecule has 0 aliphatic carbocycles. The van der Waals surface area contributed by atoms with Gasteiger partial charge in [0.1, 0.15) is 0 Å². The van der Waals surface area contributed by atoms with Crippen LogP contribution >= 0.6 is 0 Å². The third-order valence-corrected chi connectivity index (χ3v) is 5.00. The van der Waals surface area contributed by atoms with Crippen molar-refractivity contribution in [3.63, 3.8) is 0 Å². The molecule has 2 atom stereocenters. The second-order valence-corrected chi connectivity index (χ2v) is 6.92. The Morgan fingerprint density at radius 3 is 2.26 bits per heavy atom. The Labute approximate surface area is 138 Å². The van der Waals surface area contributed by atoms with Crippen LogP contribution in [0.15, 0.2) is 47.4 Å². The molecule has 0 aromatic heterocycles. The van der Waals surface area contributed by atoms with Gasteiger partial charge in [-0.05, 0) is 43.7 Å². The molecule has 0 spiro atoms. The summed E-state index contributed by atoms with van der Waals surface area (Å²) >= 11 is 0. The molecule has 0 bridgehead atoms. The molecule has 0 N–H and O–H groups in total. The summed E-state index contributed by atoms with van der Waals surface area (Å²) in [6.45, 7) is 3.81. The van der Waals surface area contributed by atoms with Crippen molar-refractivity contribution < 1.29 is 9.13 Å². The van der Waals surface area contributed by atoms with Gasteiger partial charge in [0.25, 0.3) is 5.69 Å². The first-order chi connectivity index (χ1) is 10.8. The van der Waals surface area contributed by atoms with E-state index in [1.165, 1.54) is 6.07 Å². The fourth-order valence-corrected chi connectivity index (χ4v) is 2.97. The van der Waals surface area contributed by atoms with Gasteiger partial charge in [0.2, 0.25) is 0 Å². The molecule has 2 aromatic rings. The molecule has 2 unspecified atom stereocenters. The Balaban J connectivity index is 2.25. The molecule has 6 heteroatoms. The van der Waals surface area contributed by atoms with Crippen molar-refractivity contribution in [2.75, 3.05) is 18.2 Å². The topological polar surface area (TPSA) is 63.5 Å². The molecular formula is C17H20N2O3S. The van der Waals surface area contributed by atoms with Gasteiger partial charge in [0.15, 0.2) is 0 Å². The van der Waals surface area contributed by atoms with Crippen LogP contribution in [0, 0.1) is 17.0 Å². The van der Waals surface area contributed by atoms with Gasteiger partial charge in [-0.25, -0.2) is 0 Å². The van der Waals surface area contributed by atoms with Gasteiger partial charge in [-0.3, -0.25) is 14.3 Å². The molecule has 0 radical (unpaired) electrons. The van der Waals surface area contributed by atoms with E-state index in [0.717, 1.165) is 16.1 Å². The smallest absolute Gasteiger partial charge is 0.272 e. The van der Waals surface area contributed by atoms with Gasteiger partial charge in [0.05, 0.1) is 11.0 Å². The van der Waals surface area contributed by atoms with Crippen molar-refractivity contribution in [2.45, 2.75) is 24.8 Å². The first-order valence-corrected chi connectivity index (χ1v) is 8.78. The van der Waals surface area contributed by atoms with Crippen molar-refractivity contribution >= 4 is 22.2 Å². The molecular weight excluding hydrogens is 312 g/mol. The van der Waals surface area contributed by atoms with Crippen LogP contribution < -0.4 is 4.90 Å². The fraction of sp³-hybridized carbons (Fsp3) is 0.294. The zero-order valence-electron chi connectivity index (χ0n) is 13.6. The van der Waals surface area contributed by atoms with Crippen molar-refractivity contribution in [1.82, 2.24) is 0 Å². The molecule has 5 nitrogen and oxygen atoms in total. The highest BCUT2D eigenvalue weighted by Gasteiger charge is 2.16. The number of nitro groups is 1. The quantitative estimate of drug-likeness (QED) is 0.616. The van der Waals surface area contributed by atoms with Crippen LogP contribution in [0.4, 0.5) is 11.4 Å². The van der Waals surface area contributed by atoms with E-state index >= 15 is 0 Å². The van der Waals surface area contributed by atoms with Crippen LogP contribution in [0.5, 0.6) is 0 Å².